The van der Waals surface area contributed by atoms with Crippen LogP contribution in [0.25, 0.3) is 0 Å². The number of amides is 3. The largest absolute Gasteiger partial charge is 0.480 e. The van der Waals surface area contributed by atoms with Crippen molar-refractivity contribution in [3.05, 3.63) is 0 Å². The fourth-order valence-electron chi connectivity index (χ4n) is 2.57. The number of carbonyl (C=O) groups excluding carboxylic acids is 2. The summed E-state index contributed by atoms with van der Waals surface area (Å²) in [6.07, 6.45) is 1.89. The Labute approximate surface area is 123 Å². The zero-order valence-corrected chi connectivity index (χ0v) is 11.9. The number of nitrogens with zero attached hydrogens (tertiary/aromatic N) is 2. The van der Waals surface area contributed by atoms with Crippen LogP contribution in [0, 0.1) is 0 Å². The molecule has 0 aliphatic carbocycles. The van der Waals surface area contributed by atoms with Crippen LogP contribution in [0.4, 0.5) is 4.79 Å². The molecule has 0 unspecified atom stereocenters. The number of aliphatic carboxylic acids is 1. The summed E-state index contributed by atoms with van der Waals surface area (Å²) in [6.45, 7) is 2.04. The van der Waals surface area contributed by atoms with Crippen LogP contribution in [0.1, 0.15) is 19.3 Å². The highest BCUT2D eigenvalue weighted by Crippen LogP contribution is 2.15. The maximum atomic E-state index is 12.4. The van der Waals surface area contributed by atoms with Crippen molar-refractivity contribution >= 4 is 17.9 Å². The van der Waals surface area contributed by atoms with Gasteiger partial charge in [0.25, 0.3) is 0 Å². The number of piperidine rings is 1. The summed E-state index contributed by atoms with van der Waals surface area (Å²) in [5, 5.41) is 11.3. The molecular formula is C13H21N3O5. The number of hydrogen-bond donors (Lipinski definition) is 2. The summed E-state index contributed by atoms with van der Waals surface area (Å²) in [6, 6.07) is -0.122. The molecule has 0 spiro atoms. The Morgan fingerprint density at radius 2 is 1.95 bits per heavy atom. The third-order valence-corrected chi connectivity index (χ3v) is 3.69. The van der Waals surface area contributed by atoms with Gasteiger partial charge >= 0.3 is 12.0 Å². The lowest BCUT2D eigenvalue weighted by Crippen LogP contribution is -2.49. The van der Waals surface area contributed by atoms with Crippen LogP contribution in [-0.4, -0.2) is 78.2 Å². The van der Waals surface area contributed by atoms with E-state index in [1.165, 1.54) is 0 Å². The average molecular weight is 299 g/mol. The van der Waals surface area contributed by atoms with Gasteiger partial charge in [-0.25, -0.2) is 9.59 Å². The molecule has 2 aliphatic heterocycles. The van der Waals surface area contributed by atoms with Gasteiger partial charge in [0, 0.05) is 26.2 Å². The first-order valence-electron chi connectivity index (χ1n) is 7.20. The number of ether oxygens (including phenoxy) is 1. The van der Waals surface area contributed by atoms with E-state index in [2.05, 4.69) is 5.32 Å². The smallest absolute Gasteiger partial charge is 0.329 e. The van der Waals surface area contributed by atoms with Gasteiger partial charge in [0.2, 0.25) is 5.91 Å². The lowest BCUT2D eigenvalue weighted by molar-refractivity contribution is -0.145. The number of likely N-dealkylation sites (tertiary alicyclic amines) is 1. The van der Waals surface area contributed by atoms with Gasteiger partial charge in [-0.2, -0.15) is 0 Å². The predicted molar refractivity (Wildman–Crippen MR) is 72.8 cm³/mol. The minimum Gasteiger partial charge on any atom is -0.480 e. The van der Waals surface area contributed by atoms with Crippen LogP contribution < -0.4 is 5.32 Å². The van der Waals surface area contributed by atoms with Gasteiger partial charge in [0.15, 0.2) is 0 Å². The summed E-state index contributed by atoms with van der Waals surface area (Å²) in [4.78, 5) is 37.6. The third-order valence-electron chi connectivity index (χ3n) is 3.69. The molecule has 3 amide bonds. The van der Waals surface area contributed by atoms with Crippen LogP contribution in [0.15, 0.2) is 0 Å². The number of urea groups is 1. The molecule has 0 atom stereocenters. The molecule has 8 nitrogen and oxygen atoms in total. The maximum Gasteiger partial charge on any atom is 0.329 e. The molecule has 21 heavy (non-hydrogen) atoms. The van der Waals surface area contributed by atoms with E-state index in [-0.39, 0.29) is 31.2 Å². The van der Waals surface area contributed by atoms with Gasteiger partial charge in [-0.3, -0.25) is 4.79 Å². The Morgan fingerprint density at radius 3 is 2.62 bits per heavy atom. The van der Waals surface area contributed by atoms with Crippen LogP contribution >= 0.6 is 0 Å². The number of nitrogens with one attached hydrogen (secondary N) is 1. The zero-order chi connectivity index (χ0) is 15.2. The van der Waals surface area contributed by atoms with Crippen molar-refractivity contribution in [1.29, 1.82) is 0 Å². The molecule has 2 heterocycles. The molecule has 0 aromatic heterocycles. The van der Waals surface area contributed by atoms with E-state index in [1.54, 1.807) is 9.80 Å². The third kappa shape index (κ3) is 4.59. The highest BCUT2D eigenvalue weighted by Gasteiger charge is 2.28. The van der Waals surface area contributed by atoms with Crippen molar-refractivity contribution in [2.24, 2.45) is 0 Å². The molecule has 0 saturated carbocycles. The van der Waals surface area contributed by atoms with Gasteiger partial charge in [-0.15, -0.1) is 0 Å². The van der Waals surface area contributed by atoms with Crippen molar-refractivity contribution in [3.63, 3.8) is 0 Å². The molecule has 2 rings (SSSR count). The second-order valence-electron chi connectivity index (χ2n) is 5.30. The number of carboxylic acids is 1. The average Bonchev–Trinajstić information content (AvgIpc) is 2.69. The number of carboxylic acid groups (broad SMARTS) is 1. The highest BCUT2D eigenvalue weighted by molar-refractivity contribution is 5.84. The van der Waals surface area contributed by atoms with Crippen molar-refractivity contribution in [1.82, 2.24) is 15.1 Å². The second kappa shape index (κ2) is 7.26. The first-order chi connectivity index (χ1) is 10.1. The van der Waals surface area contributed by atoms with Crippen molar-refractivity contribution in [2.75, 3.05) is 39.3 Å². The Hall–Kier alpha value is -1.83. The number of carbonyl (C=O) groups is 3. The van der Waals surface area contributed by atoms with Crippen molar-refractivity contribution in [2.45, 2.75) is 25.4 Å². The monoisotopic (exact) mass is 299 g/mol. The molecule has 8 heteroatoms. The number of rotatable bonds is 3. The fourth-order valence-corrected chi connectivity index (χ4v) is 2.57. The SMILES string of the molecule is O=C(O)COC1CCN(C(=O)N2CCCNC(=O)C2)CC1. The molecule has 0 radical (unpaired) electrons. The molecule has 2 fully saturated rings. The van der Waals surface area contributed by atoms with E-state index >= 15 is 0 Å². The van der Waals surface area contributed by atoms with Crippen molar-refractivity contribution in [3.8, 4) is 0 Å². The number of hydrogen-bond acceptors (Lipinski definition) is 4. The molecule has 0 aromatic carbocycles. The minimum atomic E-state index is -0.982. The lowest BCUT2D eigenvalue weighted by atomic mass is 10.1. The van der Waals surface area contributed by atoms with E-state index in [4.69, 9.17) is 9.84 Å². The molecule has 2 aliphatic rings. The van der Waals surface area contributed by atoms with Gasteiger partial charge in [-0.1, -0.05) is 0 Å². The molecule has 2 saturated heterocycles. The van der Waals surface area contributed by atoms with E-state index < -0.39 is 5.97 Å². The van der Waals surface area contributed by atoms with Crippen LogP contribution in [0.2, 0.25) is 0 Å². The van der Waals surface area contributed by atoms with E-state index in [9.17, 15) is 14.4 Å². The molecule has 0 bridgehead atoms. The van der Waals surface area contributed by atoms with E-state index in [1.807, 2.05) is 0 Å². The standard InChI is InChI=1S/C13H21N3O5/c17-11-8-16(5-1-4-14-11)13(20)15-6-2-10(3-7-15)21-9-12(18)19/h10H,1-9H2,(H,14,17)(H,18,19). The van der Waals surface area contributed by atoms with Crippen molar-refractivity contribution < 1.29 is 24.2 Å². The summed E-state index contributed by atoms with van der Waals surface area (Å²) >= 11 is 0. The molecule has 2 N–H and O–H groups in total. The van der Waals surface area contributed by atoms with Crippen LogP contribution in [-0.2, 0) is 14.3 Å². The van der Waals surface area contributed by atoms with Gasteiger partial charge in [0.05, 0.1) is 6.10 Å². The summed E-state index contributed by atoms with van der Waals surface area (Å²) in [5.74, 6) is -1.11. The Kier molecular flexibility index (Phi) is 5.38. The highest BCUT2D eigenvalue weighted by atomic mass is 16.5. The Bertz CT molecular complexity index is 407. The first-order valence-corrected chi connectivity index (χ1v) is 7.20. The summed E-state index contributed by atoms with van der Waals surface area (Å²) < 4.78 is 5.24. The fraction of sp³-hybridized carbons (Fsp3) is 0.769. The normalized spacial score (nSPS) is 20.9. The van der Waals surface area contributed by atoms with Gasteiger partial charge in [-0.05, 0) is 19.3 Å². The van der Waals surface area contributed by atoms with Crippen LogP contribution in [0.5, 0.6) is 0 Å². The molecule has 118 valence electrons. The minimum absolute atomic E-state index is 0.105. The summed E-state index contributed by atoms with van der Waals surface area (Å²) in [5.41, 5.74) is 0. The molecule has 0 aromatic rings. The lowest BCUT2D eigenvalue weighted by Gasteiger charge is -2.34. The molecular weight excluding hydrogens is 278 g/mol. The summed E-state index contributed by atoms with van der Waals surface area (Å²) in [7, 11) is 0. The van der Waals surface area contributed by atoms with E-state index in [0.29, 0.717) is 39.0 Å². The first kappa shape index (κ1) is 15.6. The zero-order valence-electron chi connectivity index (χ0n) is 11.9. The van der Waals surface area contributed by atoms with Gasteiger partial charge < -0.3 is 25.0 Å². The second-order valence-corrected chi connectivity index (χ2v) is 5.30. The van der Waals surface area contributed by atoms with Gasteiger partial charge in [0.1, 0.15) is 13.2 Å². The quantitative estimate of drug-likeness (QED) is 0.731. The maximum absolute atomic E-state index is 12.4. The Balaban J connectivity index is 1.79. The predicted octanol–water partition coefficient (Wildman–Crippen LogP) is -0.506. The van der Waals surface area contributed by atoms with Crippen LogP contribution in [0.3, 0.4) is 0 Å². The van der Waals surface area contributed by atoms with E-state index in [0.717, 1.165) is 6.42 Å². The Morgan fingerprint density at radius 1 is 1.24 bits per heavy atom. The topological polar surface area (TPSA) is 99.2 Å².